The molecule has 0 aromatic heterocycles. The van der Waals surface area contributed by atoms with E-state index in [2.05, 4.69) is 0 Å². The highest BCUT2D eigenvalue weighted by molar-refractivity contribution is 8.04. The first-order valence-corrected chi connectivity index (χ1v) is 3.80. The van der Waals surface area contributed by atoms with Gasteiger partial charge in [-0.25, -0.2) is 4.79 Å². The van der Waals surface area contributed by atoms with Crippen LogP contribution >= 0.6 is 11.8 Å². The molecule has 11 heavy (non-hydrogen) atoms. The molecule has 0 aromatic rings. The number of allylic oxidation sites excluding steroid dienone is 1. The van der Waals surface area contributed by atoms with Gasteiger partial charge in [0.15, 0.2) is 0 Å². The molecule has 0 radical (unpaired) electrons. The molecule has 0 aliphatic rings. The lowest BCUT2D eigenvalue weighted by atomic mass is 10.5. The average molecular weight is 176 g/mol. The van der Waals surface area contributed by atoms with Crippen LogP contribution in [0.2, 0.25) is 0 Å². The zero-order valence-corrected chi connectivity index (χ0v) is 6.72. The Bertz CT molecular complexity index is 197. The van der Waals surface area contributed by atoms with Crippen LogP contribution in [-0.4, -0.2) is 27.9 Å². The van der Waals surface area contributed by atoms with Crippen molar-refractivity contribution in [1.29, 1.82) is 0 Å². The molecule has 0 aliphatic heterocycles. The van der Waals surface area contributed by atoms with Crippen LogP contribution in [0.15, 0.2) is 11.0 Å². The van der Waals surface area contributed by atoms with Gasteiger partial charge in [0, 0.05) is 0 Å². The van der Waals surface area contributed by atoms with Crippen molar-refractivity contribution < 1.29 is 19.8 Å². The third-order valence-corrected chi connectivity index (χ3v) is 1.94. The third kappa shape index (κ3) is 4.44. The summed E-state index contributed by atoms with van der Waals surface area (Å²) in [6.45, 7) is 1.55. The van der Waals surface area contributed by atoms with E-state index >= 15 is 0 Å². The van der Waals surface area contributed by atoms with Gasteiger partial charge in [0.1, 0.15) is 0 Å². The molecule has 0 amide bonds. The minimum Gasteiger partial charge on any atom is -0.481 e. The zero-order valence-electron chi connectivity index (χ0n) is 5.90. The maximum atomic E-state index is 10.3. The maximum absolute atomic E-state index is 10.3. The van der Waals surface area contributed by atoms with Gasteiger partial charge in [-0.15, -0.1) is 11.8 Å². The molecular formula is C6H8O4S. The molecule has 0 saturated carbocycles. The molecule has 0 fully saturated rings. The van der Waals surface area contributed by atoms with E-state index in [0.717, 1.165) is 11.8 Å². The fourth-order valence-electron chi connectivity index (χ4n) is 0.408. The zero-order chi connectivity index (χ0) is 8.85. The van der Waals surface area contributed by atoms with E-state index in [0.29, 0.717) is 0 Å². The minimum atomic E-state index is -1.08. The summed E-state index contributed by atoms with van der Waals surface area (Å²) in [5, 5.41) is 16.6. The fourth-order valence-corrected chi connectivity index (χ4v) is 0.977. The van der Waals surface area contributed by atoms with Crippen LogP contribution < -0.4 is 0 Å². The lowest BCUT2D eigenvalue weighted by molar-refractivity contribution is -0.134. The van der Waals surface area contributed by atoms with Crippen molar-refractivity contribution in [2.45, 2.75) is 6.92 Å². The summed E-state index contributed by atoms with van der Waals surface area (Å²) in [5.74, 6) is -2.32. The first kappa shape index (κ1) is 10.0. The van der Waals surface area contributed by atoms with E-state index in [-0.39, 0.29) is 10.7 Å². The van der Waals surface area contributed by atoms with Crippen LogP contribution in [0, 0.1) is 0 Å². The summed E-state index contributed by atoms with van der Waals surface area (Å²) < 4.78 is 0. The molecule has 4 nitrogen and oxygen atoms in total. The van der Waals surface area contributed by atoms with Crippen LogP contribution in [0.25, 0.3) is 0 Å². The van der Waals surface area contributed by atoms with Crippen molar-refractivity contribution in [3.8, 4) is 0 Å². The lowest BCUT2D eigenvalue weighted by Gasteiger charge is -1.96. The second kappa shape index (κ2) is 4.79. The highest BCUT2D eigenvalue weighted by Gasteiger charge is 2.08. The smallest absolute Gasteiger partial charge is 0.341 e. The van der Waals surface area contributed by atoms with Crippen molar-refractivity contribution in [1.82, 2.24) is 0 Å². The molecule has 0 heterocycles. The highest BCUT2D eigenvalue weighted by atomic mass is 32.2. The number of thioether (sulfide) groups is 1. The van der Waals surface area contributed by atoms with Gasteiger partial charge in [-0.3, -0.25) is 4.79 Å². The van der Waals surface area contributed by atoms with Gasteiger partial charge in [0.05, 0.1) is 10.7 Å². The van der Waals surface area contributed by atoms with Crippen molar-refractivity contribution in [2.75, 3.05) is 5.75 Å². The second-order valence-corrected chi connectivity index (χ2v) is 2.66. The SMILES string of the molecule is CC=C(SCC(=O)O)C(=O)O. The molecule has 0 unspecified atom stereocenters. The Morgan fingerprint density at radius 3 is 2.27 bits per heavy atom. The number of carbonyl (C=O) groups is 2. The van der Waals surface area contributed by atoms with E-state index in [9.17, 15) is 9.59 Å². The molecule has 5 heteroatoms. The number of rotatable bonds is 4. The number of carboxylic acid groups (broad SMARTS) is 2. The van der Waals surface area contributed by atoms with Crippen LogP contribution in [0.4, 0.5) is 0 Å². The Kier molecular flexibility index (Phi) is 4.36. The predicted octanol–water partition coefficient (Wildman–Crippen LogP) is 0.793. The maximum Gasteiger partial charge on any atom is 0.341 e. The number of aliphatic carboxylic acids is 2. The number of carboxylic acids is 2. The summed E-state index contributed by atoms with van der Waals surface area (Å²) >= 11 is 0.800. The monoisotopic (exact) mass is 176 g/mol. The van der Waals surface area contributed by atoms with Gasteiger partial charge < -0.3 is 10.2 Å². The summed E-state index contributed by atoms with van der Waals surface area (Å²) in [6.07, 6.45) is 1.37. The van der Waals surface area contributed by atoms with Gasteiger partial charge in [-0.05, 0) is 6.92 Å². The normalized spacial score (nSPS) is 11.2. The average Bonchev–Trinajstić information content (AvgIpc) is 1.87. The van der Waals surface area contributed by atoms with E-state index in [1.807, 2.05) is 0 Å². The molecule has 0 aliphatic carbocycles. The van der Waals surface area contributed by atoms with Crippen molar-refractivity contribution in [2.24, 2.45) is 0 Å². The van der Waals surface area contributed by atoms with Crippen molar-refractivity contribution in [3.05, 3.63) is 11.0 Å². The molecule has 0 aromatic carbocycles. The Morgan fingerprint density at radius 2 is 2.00 bits per heavy atom. The van der Waals surface area contributed by atoms with Gasteiger partial charge in [-0.2, -0.15) is 0 Å². The molecule has 62 valence electrons. The summed E-state index contributed by atoms with van der Waals surface area (Å²) in [5.41, 5.74) is 0. The first-order chi connectivity index (χ1) is 5.07. The van der Waals surface area contributed by atoms with Gasteiger partial charge >= 0.3 is 11.9 Å². The Labute approximate surface area is 67.9 Å². The van der Waals surface area contributed by atoms with E-state index in [1.54, 1.807) is 6.92 Å². The summed E-state index contributed by atoms with van der Waals surface area (Å²) in [6, 6.07) is 0. The second-order valence-electron chi connectivity index (χ2n) is 1.64. The molecule has 0 bridgehead atoms. The Hall–Kier alpha value is -0.970. The molecular weight excluding hydrogens is 168 g/mol. The van der Waals surface area contributed by atoms with Crippen molar-refractivity contribution >= 4 is 23.7 Å². The van der Waals surface area contributed by atoms with Gasteiger partial charge in [0.2, 0.25) is 0 Å². The van der Waals surface area contributed by atoms with Crippen LogP contribution in [-0.2, 0) is 9.59 Å². The van der Waals surface area contributed by atoms with Crippen LogP contribution in [0.3, 0.4) is 0 Å². The predicted molar refractivity (Wildman–Crippen MR) is 41.5 cm³/mol. The summed E-state index contributed by atoms with van der Waals surface area (Å²) in [7, 11) is 0. The molecule has 0 saturated heterocycles. The van der Waals surface area contributed by atoms with Gasteiger partial charge in [0.25, 0.3) is 0 Å². The largest absolute Gasteiger partial charge is 0.481 e. The van der Waals surface area contributed by atoms with E-state index in [4.69, 9.17) is 10.2 Å². The Morgan fingerprint density at radius 1 is 1.45 bits per heavy atom. The topological polar surface area (TPSA) is 74.6 Å². The van der Waals surface area contributed by atoms with Crippen LogP contribution in [0.5, 0.6) is 0 Å². The highest BCUT2D eigenvalue weighted by Crippen LogP contribution is 2.14. The first-order valence-electron chi connectivity index (χ1n) is 2.82. The molecule has 0 rings (SSSR count). The van der Waals surface area contributed by atoms with Crippen LogP contribution in [0.1, 0.15) is 6.92 Å². The molecule has 0 spiro atoms. The van der Waals surface area contributed by atoms with Crippen molar-refractivity contribution in [3.63, 3.8) is 0 Å². The summed E-state index contributed by atoms with van der Waals surface area (Å²) in [4.78, 5) is 20.3. The van der Waals surface area contributed by atoms with E-state index < -0.39 is 11.9 Å². The fraction of sp³-hybridized carbons (Fsp3) is 0.333. The minimum absolute atomic E-state index is 0.0624. The van der Waals surface area contributed by atoms with E-state index in [1.165, 1.54) is 6.08 Å². The molecule has 2 N–H and O–H groups in total. The molecule has 0 atom stereocenters. The Balaban J connectivity index is 3.92. The number of hydrogen-bond acceptors (Lipinski definition) is 3. The van der Waals surface area contributed by atoms with Gasteiger partial charge in [-0.1, -0.05) is 6.08 Å². The standard InChI is InChI=1S/C6H8O4S/c1-2-4(6(9)10)11-3-5(7)8/h2H,3H2,1H3,(H,7,8)(H,9,10). The third-order valence-electron chi connectivity index (χ3n) is 0.824. The number of hydrogen-bond donors (Lipinski definition) is 2. The lowest BCUT2D eigenvalue weighted by Crippen LogP contribution is -2.02. The quantitative estimate of drug-likeness (QED) is 0.619.